The van der Waals surface area contributed by atoms with Gasteiger partial charge in [-0.15, -0.1) is 0 Å². The summed E-state index contributed by atoms with van der Waals surface area (Å²) in [5.74, 6) is 0.656. The molecule has 0 atom stereocenters. The molecule has 56 heavy (non-hydrogen) atoms. The maximum Gasteiger partial charge on any atom is 0.160 e. The van der Waals surface area contributed by atoms with Gasteiger partial charge in [-0.2, -0.15) is 0 Å². The van der Waals surface area contributed by atoms with Gasteiger partial charge < -0.3 is 4.42 Å². The Morgan fingerprint density at radius 1 is 0.429 bits per heavy atom. The summed E-state index contributed by atoms with van der Waals surface area (Å²) in [4.78, 5) is 15.2. The van der Waals surface area contributed by atoms with Crippen LogP contribution >= 0.6 is 0 Å². The van der Waals surface area contributed by atoms with Gasteiger partial charge in [0.05, 0.1) is 16.9 Å². The summed E-state index contributed by atoms with van der Waals surface area (Å²) < 4.78 is 6.53. The van der Waals surface area contributed by atoms with Crippen molar-refractivity contribution < 1.29 is 4.42 Å². The van der Waals surface area contributed by atoms with Crippen LogP contribution in [0, 0.1) is 0 Å². The normalized spacial score (nSPS) is 13.0. The van der Waals surface area contributed by atoms with E-state index in [0.717, 1.165) is 83.2 Å². The molecule has 0 aliphatic heterocycles. The highest BCUT2D eigenvalue weighted by atomic mass is 16.3. The van der Waals surface area contributed by atoms with Gasteiger partial charge >= 0.3 is 0 Å². The molecular formula is C52H35N3O. The van der Waals surface area contributed by atoms with Crippen molar-refractivity contribution in [2.24, 2.45) is 0 Å². The molecule has 264 valence electrons. The highest BCUT2D eigenvalue weighted by Gasteiger charge is 2.35. The number of para-hydroxylation sites is 2. The number of pyridine rings is 1. The molecule has 7 aromatic carbocycles. The van der Waals surface area contributed by atoms with Crippen LogP contribution in [0.25, 0.3) is 100 Å². The monoisotopic (exact) mass is 717 g/mol. The second kappa shape index (κ2) is 12.4. The number of benzene rings is 7. The van der Waals surface area contributed by atoms with Crippen molar-refractivity contribution in [3.05, 3.63) is 187 Å². The zero-order valence-corrected chi connectivity index (χ0v) is 31.0. The average Bonchev–Trinajstić information content (AvgIpc) is 3.75. The van der Waals surface area contributed by atoms with E-state index in [2.05, 4.69) is 147 Å². The summed E-state index contributed by atoms with van der Waals surface area (Å²) in [7, 11) is 0. The molecule has 3 heterocycles. The van der Waals surface area contributed by atoms with Gasteiger partial charge in [0.15, 0.2) is 5.82 Å². The largest absolute Gasteiger partial charge is 0.455 e. The summed E-state index contributed by atoms with van der Waals surface area (Å²) in [6, 6.07) is 60.0. The van der Waals surface area contributed by atoms with Gasteiger partial charge in [0.1, 0.15) is 11.2 Å². The van der Waals surface area contributed by atoms with Crippen LogP contribution in [0.2, 0.25) is 0 Å². The Morgan fingerprint density at radius 3 is 2.05 bits per heavy atom. The minimum absolute atomic E-state index is 0.0681. The minimum atomic E-state index is -0.0681. The molecule has 0 bridgehead atoms. The second-order valence-electron chi connectivity index (χ2n) is 15.2. The minimum Gasteiger partial charge on any atom is -0.455 e. The lowest BCUT2D eigenvalue weighted by Gasteiger charge is -2.21. The van der Waals surface area contributed by atoms with Gasteiger partial charge in [-0.05, 0) is 99.1 Å². The van der Waals surface area contributed by atoms with Crippen LogP contribution in [0.4, 0.5) is 0 Å². The van der Waals surface area contributed by atoms with Gasteiger partial charge in [0.2, 0.25) is 0 Å². The van der Waals surface area contributed by atoms with E-state index in [4.69, 9.17) is 19.4 Å². The first-order valence-corrected chi connectivity index (χ1v) is 19.1. The molecule has 11 rings (SSSR count). The summed E-state index contributed by atoms with van der Waals surface area (Å²) >= 11 is 0. The number of aromatic nitrogens is 3. The van der Waals surface area contributed by atoms with Crippen molar-refractivity contribution in [2.45, 2.75) is 19.3 Å². The smallest absolute Gasteiger partial charge is 0.160 e. The Labute approximate surface area is 324 Å². The lowest BCUT2D eigenvalue weighted by molar-refractivity contribution is 0.660. The van der Waals surface area contributed by atoms with E-state index >= 15 is 0 Å². The first-order valence-electron chi connectivity index (χ1n) is 19.1. The third-order valence-electron chi connectivity index (χ3n) is 11.5. The Kier molecular flexibility index (Phi) is 7.17. The zero-order valence-electron chi connectivity index (χ0n) is 31.0. The number of furan rings is 1. The SMILES string of the molecule is CC1(C)c2ccccc2-c2cc(-c3cc(-c4cc(-c5cccc6c5oc5ccccc56)nc(-c5ccccc5)n4)cc(-c4cccc5ncccc45)c3)ccc21. The number of nitrogens with zero attached hydrogens (tertiary/aromatic N) is 3. The summed E-state index contributed by atoms with van der Waals surface area (Å²) in [6.07, 6.45) is 1.86. The van der Waals surface area contributed by atoms with Crippen LogP contribution in [-0.2, 0) is 5.41 Å². The van der Waals surface area contributed by atoms with Gasteiger partial charge in [0, 0.05) is 44.5 Å². The van der Waals surface area contributed by atoms with E-state index in [1.54, 1.807) is 0 Å². The standard InChI is InChI=1S/C52H35N3O/c1-52(2)44-21-8-6-15-38(44)43-30-33(24-25-45(43)52)34-27-35(37-17-11-22-46-39(37)20-12-26-53-46)29-36(28-34)47-31-48(55-51(54-47)32-13-4-3-5-14-32)42-19-10-18-41-40-16-7-9-23-49(40)56-50(41)42/h3-31H,1-2H3. The van der Waals surface area contributed by atoms with Crippen molar-refractivity contribution in [1.29, 1.82) is 0 Å². The topological polar surface area (TPSA) is 51.8 Å². The van der Waals surface area contributed by atoms with Crippen molar-refractivity contribution in [3.63, 3.8) is 0 Å². The molecule has 1 aliphatic rings. The van der Waals surface area contributed by atoms with Crippen molar-refractivity contribution >= 4 is 32.8 Å². The zero-order chi connectivity index (χ0) is 37.4. The Morgan fingerprint density at radius 2 is 1.12 bits per heavy atom. The van der Waals surface area contributed by atoms with Crippen LogP contribution < -0.4 is 0 Å². The predicted molar refractivity (Wildman–Crippen MR) is 229 cm³/mol. The number of rotatable bonds is 5. The second-order valence-corrected chi connectivity index (χ2v) is 15.2. The van der Waals surface area contributed by atoms with Gasteiger partial charge in [-0.3, -0.25) is 4.98 Å². The van der Waals surface area contributed by atoms with Crippen LogP contribution in [0.3, 0.4) is 0 Å². The first kappa shape index (κ1) is 32.3. The van der Waals surface area contributed by atoms with Crippen LogP contribution in [0.1, 0.15) is 25.0 Å². The molecule has 4 nitrogen and oxygen atoms in total. The fourth-order valence-electron chi connectivity index (χ4n) is 8.75. The molecule has 0 unspecified atom stereocenters. The maximum absolute atomic E-state index is 6.53. The summed E-state index contributed by atoms with van der Waals surface area (Å²) in [6.45, 7) is 4.65. The lowest BCUT2D eigenvalue weighted by Crippen LogP contribution is -2.14. The van der Waals surface area contributed by atoms with Crippen molar-refractivity contribution in [3.8, 4) is 67.3 Å². The highest BCUT2D eigenvalue weighted by Crippen LogP contribution is 2.50. The Balaban J connectivity index is 1.16. The van der Waals surface area contributed by atoms with Crippen molar-refractivity contribution in [1.82, 2.24) is 15.0 Å². The van der Waals surface area contributed by atoms with E-state index in [1.807, 2.05) is 42.6 Å². The maximum atomic E-state index is 6.53. The predicted octanol–water partition coefficient (Wildman–Crippen LogP) is 13.6. The van der Waals surface area contributed by atoms with E-state index in [0.29, 0.717) is 5.82 Å². The third-order valence-corrected chi connectivity index (χ3v) is 11.5. The molecule has 0 radical (unpaired) electrons. The molecule has 0 saturated carbocycles. The molecule has 4 heteroatoms. The molecular weight excluding hydrogens is 683 g/mol. The summed E-state index contributed by atoms with van der Waals surface area (Å²) in [5, 5.41) is 3.26. The van der Waals surface area contributed by atoms with Gasteiger partial charge in [0.25, 0.3) is 0 Å². The van der Waals surface area contributed by atoms with E-state index < -0.39 is 0 Å². The van der Waals surface area contributed by atoms with Gasteiger partial charge in [-0.25, -0.2) is 9.97 Å². The Hall–Kier alpha value is -7.17. The molecule has 0 saturated heterocycles. The van der Waals surface area contributed by atoms with Crippen LogP contribution in [-0.4, -0.2) is 15.0 Å². The molecule has 3 aromatic heterocycles. The van der Waals surface area contributed by atoms with Crippen LogP contribution in [0.15, 0.2) is 180 Å². The number of hydrogen-bond acceptors (Lipinski definition) is 4. The van der Waals surface area contributed by atoms with Gasteiger partial charge in [-0.1, -0.05) is 129 Å². The van der Waals surface area contributed by atoms with Crippen LogP contribution in [0.5, 0.6) is 0 Å². The number of fused-ring (bicyclic) bond motifs is 7. The molecule has 10 aromatic rings. The summed E-state index contributed by atoms with van der Waals surface area (Å²) in [5.41, 5.74) is 16.9. The third kappa shape index (κ3) is 5.10. The van der Waals surface area contributed by atoms with Crippen molar-refractivity contribution in [2.75, 3.05) is 0 Å². The molecule has 0 fully saturated rings. The van der Waals surface area contributed by atoms with E-state index in [1.165, 1.54) is 22.3 Å². The molecule has 1 aliphatic carbocycles. The molecule has 0 amide bonds. The lowest BCUT2D eigenvalue weighted by atomic mass is 9.82. The number of hydrogen-bond donors (Lipinski definition) is 0. The fraction of sp³-hybridized carbons (Fsp3) is 0.0577. The first-order chi connectivity index (χ1) is 27.5. The Bertz CT molecular complexity index is 3170. The molecule has 0 N–H and O–H groups in total. The quantitative estimate of drug-likeness (QED) is 0.178. The molecule has 0 spiro atoms. The average molecular weight is 718 g/mol. The fourth-order valence-corrected chi connectivity index (χ4v) is 8.75. The van der Waals surface area contributed by atoms with E-state index in [9.17, 15) is 0 Å². The highest BCUT2D eigenvalue weighted by molar-refractivity contribution is 6.09. The van der Waals surface area contributed by atoms with E-state index in [-0.39, 0.29) is 5.41 Å².